The van der Waals surface area contributed by atoms with Crippen LogP contribution in [0.4, 0.5) is 0 Å². The van der Waals surface area contributed by atoms with Gasteiger partial charge in [-0.2, -0.15) is 11.3 Å². The van der Waals surface area contributed by atoms with E-state index >= 15 is 0 Å². The Kier molecular flexibility index (Phi) is 4.91. The van der Waals surface area contributed by atoms with Crippen molar-refractivity contribution in [1.82, 2.24) is 10.6 Å². The smallest absolute Gasteiger partial charge is 0.0111 e. The molecule has 2 fully saturated rings. The quantitative estimate of drug-likeness (QED) is 0.864. The van der Waals surface area contributed by atoms with Gasteiger partial charge in [0, 0.05) is 12.1 Å². The van der Waals surface area contributed by atoms with E-state index in [2.05, 4.69) is 27.5 Å². The normalized spacial score (nSPS) is 31.7. The fourth-order valence-electron chi connectivity index (χ4n) is 3.81. The van der Waals surface area contributed by atoms with Crippen LogP contribution in [0.5, 0.6) is 0 Å². The molecule has 1 aromatic heterocycles. The van der Waals surface area contributed by atoms with Crippen molar-refractivity contribution < 1.29 is 0 Å². The first kappa shape index (κ1) is 13.6. The van der Waals surface area contributed by atoms with Crippen molar-refractivity contribution in [3.05, 3.63) is 22.4 Å². The van der Waals surface area contributed by atoms with E-state index in [4.69, 9.17) is 0 Å². The molecule has 2 heterocycles. The van der Waals surface area contributed by atoms with E-state index in [-0.39, 0.29) is 0 Å². The summed E-state index contributed by atoms with van der Waals surface area (Å²) in [5.41, 5.74) is 1.49. The van der Waals surface area contributed by atoms with E-state index in [0.29, 0.717) is 0 Å². The molecular formula is C16H26N2S. The van der Waals surface area contributed by atoms with Crippen molar-refractivity contribution in [2.45, 2.75) is 57.0 Å². The third-order valence-corrected chi connectivity index (χ3v) is 5.57. The number of thiophene rings is 1. The number of hydrogen-bond donors (Lipinski definition) is 2. The molecule has 0 amide bonds. The lowest BCUT2D eigenvalue weighted by Crippen LogP contribution is -2.47. The van der Waals surface area contributed by atoms with Crippen LogP contribution in [0.15, 0.2) is 16.8 Å². The van der Waals surface area contributed by atoms with Gasteiger partial charge in [-0.3, -0.25) is 0 Å². The summed E-state index contributed by atoms with van der Waals surface area (Å²) in [6, 6.07) is 3.80. The van der Waals surface area contributed by atoms with Crippen LogP contribution in [-0.2, 0) is 6.42 Å². The second-order valence-electron chi connectivity index (χ2n) is 6.09. The minimum atomic E-state index is 0.753. The fourth-order valence-corrected chi connectivity index (χ4v) is 4.51. The van der Waals surface area contributed by atoms with Crippen LogP contribution >= 0.6 is 11.3 Å². The molecule has 3 atom stereocenters. The predicted octanol–water partition coefficient (Wildman–Crippen LogP) is 3.19. The zero-order valence-electron chi connectivity index (χ0n) is 11.7. The molecule has 19 heavy (non-hydrogen) atoms. The lowest BCUT2D eigenvalue weighted by Gasteiger charge is -2.36. The van der Waals surface area contributed by atoms with Gasteiger partial charge in [0.1, 0.15) is 0 Å². The Bertz CT molecular complexity index is 357. The Balaban J connectivity index is 1.49. The average molecular weight is 278 g/mol. The molecule has 0 spiro atoms. The molecule has 2 nitrogen and oxygen atoms in total. The number of nitrogens with one attached hydrogen (secondary N) is 2. The first-order chi connectivity index (χ1) is 9.43. The van der Waals surface area contributed by atoms with Crippen LogP contribution in [0.3, 0.4) is 0 Å². The third kappa shape index (κ3) is 3.59. The highest BCUT2D eigenvalue weighted by molar-refractivity contribution is 7.07. The number of hydrogen-bond acceptors (Lipinski definition) is 3. The van der Waals surface area contributed by atoms with Crippen LogP contribution in [-0.4, -0.2) is 25.2 Å². The molecule has 0 bridgehead atoms. The van der Waals surface area contributed by atoms with Crippen molar-refractivity contribution >= 4 is 11.3 Å². The first-order valence-corrected chi connectivity index (χ1v) is 8.85. The monoisotopic (exact) mass is 278 g/mol. The molecule has 1 saturated heterocycles. The summed E-state index contributed by atoms with van der Waals surface area (Å²) in [6.45, 7) is 2.38. The highest BCUT2D eigenvalue weighted by atomic mass is 32.1. The predicted molar refractivity (Wildman–Crippen MR) is 82.8 cm³/mol. The Labute approximate surface area is 121 Å². The molecule has 1 aromatic rings. The highest BCUT2D eigenvalue weighted by Gasteiger charge is 2.32. The van der Waals surface area contributed by atoms with Crippen LogP contribution < -0.4 is 10.6 Å². The maximum Gasteiger partial charge on any atom is 0.0111 e. The molecule has 3 heteroatoms. The molecule has 1 saturated carbocycles. The molecular weight excluding hydrogens is 252 g/mol. The largest absolute Gasteiger partial charge is 0.314 e. The SMILES string of the molecule is c1cc(CCNC2CCCCC2C2CCCN2)cs1. The standard InChI is InChI=1S/C16H26N2S/c1-2-5-15(14(4-1)16-6-3-9-17-16)18-10-7-13-8-11-19-12-13/h8,11-12,14-18H,1-7,9-10H2. The van der Waals surface area contributed by atoms with E-state index in [1.54, 1.807) is 0 Å². The van der Waals surface area contributed by atoms with Gasteiger partial charge in [-0.15, -0.1) is 0 Å². The Morgan fingerprint density at radius 3 is 2.95 bits per heavy atom. The van der Waals surface area contributed by atoms with E-state index in [1.807, 2.05) is 11.3 Å². The minimum Gasteiger partial charge on any atom is -0.314 e. The Hall–Kier alpha value is -0.380. The van der Waals surface area contributed by atoms with E-state index in [1.165, 1.54) is 57.1 Å². The molecule has 1 aliphatic carbocycles. The lowest BCUT2D eigenvalue weighted by atomic mass is 9.79. The maximum absolute atomic E-state index is 3.85. The summed E-state index contributed by atoms with van der Waals surface area (Å²) >= 11 is 1.81. The van der Waals surface area contributed by atoms with Crippen molar-refractivity contribution in [3.8, 4) is 0 Å². The van der Waals surface area contributed by atoms with Crippen molar-refractivity contribution in [3.63, 3.8) is 0 Å². The van der Waals surface area contributed by atoms with Gasteiger partial charge in [0.2, 0.25) is 0 Å². The molecule has 2 N–H and O–H groups in total. The van der Waals surface area contributed by atoms with Gasteiger partial charge in [-0.25, -0.2) is 0 Å². The van der Waals surface area contributed by atoms with E-state index < -0.39 is 0 Å². The summed E-state index contributed by atoms with van der Waals surface area (Å²) in [4.78, 5) is 0. The van der Waals surface area contributed by atoms with Gasteiger partial charge >= 0.3 is 0 Å². The summed E-state index contributed by atoms with van der Waals surface area (Å²) in [6.07, 6.45) is 9.62. The Morgan fingerprint density at radius 1 is 1.21 bits per heavy atom. The van der Waals surface area contributed by atoms with Gasteiger partial charge in [-0.1, -0.05) is 12.8 Å². The summed E-state index contributed by atoms with van der Waals surface area (Å²) in [5, 5.41) is 12.0. The molecule has 1 aliphatic heterocycles. The third-order valence-electron chi connectivity index (χ3n) is 4.83. The Morgan fingerprint density at radius 2 is 2.16 bits per heavy atom. The zero-order valence-corrected chi connectivity index (χ0v) is 12.6. The molecule has 3 unspecified atom stereocenters. The highest BCUT2D eigenvalue weighted by Crippen LogP contribution is 2.30. The van der Waals surface area contributed by atoms with Crippen molar-refractivity contribution in [1.29, 1.82) is 0 Å². The van der Waals surface area contributed by atoms with E-state index in [0.717, 1.165) is 24.5 Å². The number of rotatable bonds is 5. The minimum absolute atomic E-state index is 0.753. The van der Waals surface area contributed by atoms with Gasteiger partial charge in [0.15, 0.2) is 0 Å². The van der Waals surface area contributed by atoms with Gasteiger partial charge in [0.05, 0.1) is 0 Å². The van der Waals surface area contributed by atoms with Gasteiger partial charge in [0.25, 0.3) is 0 Å². The molecule has 0 aromatic carbocycles. The van der Waals surface area contributed by atoms with Crippen molar-refractivity contribution in [2.24, 2.45) is 5.92 Å². The average Bonchev–Trinajstić information content (AvgIpc) is 3.12. The van der Waals surface area contributed by atoms with Crippen LogP contribution in [0.25, 0.3) is 0 Å². The molecule has 0 radical (unpaired) electrons. The second kappa shape index (κ2) is 6.87. The van der Waals surface area contributed by atoms with Crippen LogP contribution in [0.2, 0.25) is 0 Å². The maximum atomic E-state index is 3.85. The molecule has 3 rings (SSSR count). The van der Waals surface area contributed by atoms with Gasteiger partial charge < -0.3 is 10.6 Å². The molecule has 2 aliphatic rings. The second-order valence-corrected chi connectivity index (χ2v) is 6.87. The topological polar surface area (TPSA) is 24.1 Å². The fraction of sp³-hybridized carbons (Fsp3) is 0.750. The van der Waals surface area contributed by atoms with Crippen LogP contribution in [0.1, 0.15) is 44.1 Å². The van der Waals surface area contributed by atoms with Gasteiger partial charge in [-0.05, 0) is 73.5 Å². The summed E-state index contributed by atoms with van der Waals surface area (Å²) < 4.78 is 0. The summed E-state index contributed by atoms with van der Waals surface area (Å²) in [5.74, 6) is 0.874. The zero-order chi connectivity index (χ0) is 12.9. The lowest BCUT2D eigenvalue weighted by molar-refractivity contribution is 0.216. The summed E-state index contributed by atoms with van der Waals surface area (Å²) in [7, 11) is 0. The van der Waals surface area contributed by atoms with Crippen LogP contribution in [0, 0.1) is 5.92 Å². The first-order valence-electron chi connectivity index (χ1n) is 7.91. The van der Waals surface area contributed by atoms with E-state index in [9.17, 15) is 0 Å². The van der Waals surface area contributed by atoms with Crippen molar-refractivity contribution in [2.75, 3.05) is 13.1 Å². The molecule has 106 valence electrons.